The van der Waals surface area contributed by atoms with Crippen LogP contribution in [0.4, 0.5) is 0 Å². The van der Waals surface area contributed by atoms with Gasteiger partial charge in [0.05, 0.1) is 6.10 Å². The first-order valence-electron chi connectivity index (χ1n) is 7.83. The molecule has 1 aliphatic carbocycles. The molecular formula is C17H24BrNO2. The van der Waals surface area contributed by atoms with Crippen LogP contribution in [0.5, 0.6) is 0 Å². The Bertz CT molecular complexity index is 470. The molecule has 0 atom stereocenters. The minimum Gasteiger partial charge on any atom is -0.378 e. The minimum absolute atomic E-state index is 0.00216. The van der Waals surface area contributed by atoms with E-state index in [4.69, 9.17) is 4.74 Å². The molecule has 0 aromatic heterocycles. The zero-order valence-corrected chi connectivity index (χ0v) is 14.2. The van der Waals surface area contributed by atoms with E-state index in [9.17, 15) is 4.79 Å². The van der Waals surface area contributed by atoms with E-state index in [2.05, 4.69) is 21.2 Å². The summed E-state index contributed by atoms with van der Waals surface area (Å²) in [6, 6.07) is 5.71. The van der Waals surface area contributed by atoms with Crippen LogP contribution in [-0.2, 0) is 4.74 Å². The first kappa shape index (κ1) is 16.5. The molecule has 2 rings (SSSR count). The monoisotopic (exact) mass is 353 g/mol. The number of hydrogen-bond acceptors (Lipinski definition) is 2. The molecule has 0 spiro atoms. The fourth-order valence-corrected chi connectivity index (χ4v) is 3.21. The van der Waals surface area contributed by atoms with Gasteiger partial charge >= 0.3 is 0 Å². The Kier molecular flexibility index (Phi) is 6.71. The second-order valence-corrected chi connectivity index (χ2v) is 6.62. The quantitative estimate of drug-likeness (QED) is 0.777. The fraction of sp³-hybridized carbons (Fsp3) is 0.588. The van der Waals surface area contributed by atoms with Gasteiger partial charge in [-0.15, -0.1) is 0 Å². The summed E-state index contributed by atoms with van der Waals surface area (Å²) >= 11 is 3.41. The number of rotatable bonds is 6. The van der Waals surface area contributed by atoms with Gasteiger partial charge in [-0.3, -0.25) is 4.79 Å². The zero-order valence-electron chi connectivity index (χ0n) is 12.7. The maximum absolute atomic E-state index is 12.1. The lowest BCUT2D eigenvalue weighted by molar-refractivity contribution is 0.0273. The van der Waals surface area contributed by atoms with Crippen molar-refractivity contribution in [2.45, 2.75) is 51.6 Å². The summed E-state index contributed by atoms with van der Waals surface area (Å²) in [4.78, 5) is 12.1. The molecule has 21 heavy (non-hydrogen) atoms. The third-order valence-corrected chi connectivity index (χ3v) is 4.44. The number of carbonyl (C=O) groups is 1. The van der Waals surface area contributed by atoms with Gasteiger partial charge in [-0.2, -0.15) is 0 Å². The van der Waals surface area contributed by atoms with E-state index in [1.807, 2.05) is 25.1 Å². The summed E-state index contributed by atoms with van der Waals surface area (Å²) in [6.07, 6.45) is 7.66. The molecule has 3 nitrogen and oxygen atoms in total. The van der Waals surface area contributed by atoms with Gasteiger partial charge in [0.1, 0.15) is 0 Å². The van der Waals surface area contributed by atoms with Crippen molar-refractivity contribution >= 4 is 21.8 Å². The van der Waals surface area contributed by atoms with Crippen LogP contribution in [0.2, 0.25) is 0 Å². The lowest BCUT2D eigenvalue weighted by Crippen LogP contribution is -2.26. The Morgan fingerprint density at radius 3 is 2.81 bits per heavy atom. The highest BCUT2D eigenvalue weighted by atomic mass is 79.9. The van der Waals surface area contributed by atoms with Crippen molar-refractivity contribution in [3.05, 3.63) is 33.8 Å². The molecule has 4 heteroatoms. The number of hydrogen-bond donors (Lipinski definition) is 1. The molecule has 1 fully saturated rings. The number of nitrogens with one attached hydrogen (secondary N) is 1. The Morgan fingerprint density at radius 1 is 1.33 bits per heavy atom. The van der Waals surface area contributed by atoms with Crippen molar-refractivity contribution in [2.24, 2.45) is 0 Å². The third-order valence-electron chi connectivity index (χ3n) is 3.95. The number of benzene rings is 1. The fourth-order valence-electron chi connectivity index (χ4n) is 2.73. The molecule has 1 amide bonds. The van der Waals surface area contributed by atoms with Crippen molar-refractivity contribution in [2.75, 3.05) is 13.2 Å². The smallest absolute Gasteiger partial charge is 0.251 e. The SMILES string of the molecule is Cc1cc(Br)ccc1C(=O)NCCCOC1CCCCC1. The number of amides is 1. The van der Waals surface area contributed by atoms with Crippen LogP contribution in [0.25, 0.3) is 0 Å². The zero-order chi connectivity index (χ0) is 15.1. The van der Waals surface area contributed by atoms with E-state index >= 15 is 0 Å². The lowest BCUT2D eigenvalue weighted by Gasteiger charge is -2.21. The molecule has 0 heterocycles. The minimum atomic E-state index is -0.00216. The lowest BCUT2D eigenvalue weighted by atomic mass is 9.98. The summed E-state index contributed by atoms with van der Waals surface area (Å²) in [5.74, 6) is -0.00216. The first-order valence-corrected chi connectivity index (χ1v) is 8.62. The molecule has 1 aromatic carbocycles. The van der Waals surface area contributed by atoms with Gasteiger partial charge in [0.2, 0.25) is 0 Å². The predicted octanol–water partition coefficient (Wildman–Crippen LogP) is 4.23. The van der Waals surface area contributed by atoms with Crippen molar-refractivity contribution in [1.82, 2.24) is 5.32 Å². The summed E-state index contributed by atoms with van der Waals surface area (Å²) in [6.45, 7) is 3.36. The largest absolute Gasteiger partial charge is 0.378 e. The molecule has 1 aliphatic rings. The van der Waals surface area contributed by atoms with Gasteiger partial charge in [-0.05, 0) is 49.9 Å². The highest BCUT2D eigenvalue weighted by Gasteiger charge is 2.13. The van der Waals surface area contributed by atoms with Crippen LogP contribution in [0, 0.1) is 6.92 Å². The van der Waals surface area contributed by atoms with E-state index < -0.39 is 0 Å². The van der Waals surface area contributed by atoms with E-state index in [-0.39, 0.29) is 5.91 Å². The molecule has 116 valence electrons. The van der Waals surface area contributed by atoms with Crippen LogP contribution in [0.1, 0.15) is 54.4 Å². The first-order chi connectivity index (χ1) is 10.2. The molecule has 1 saturated carbocycles. The van der Waals surface area contributed by atoms with Gasteiger partial charge in [-0.1, -0.05) is 35.2 Å². The van der Waals surface area contributed by atoms with Crippen LogP contribution in [-0.4, -0.2) is 25.2 Å². The Morgan fingerprint density at radius 2 is 2.10 bits per heavy atom. The Labute approximate surface area is 135 Å². The number of aryl methyl sites for hydroxylation is 1. The van der Waals surface area contributed by atoms with Gasteiger partial charge in [0.25, 0.3) is 5.91 Å². The maximum Gasteiger partial charge on any atom is 0.251 e. The van der Waals surface area contributed by atoms with Crippen molar-refractivity contribution < 1.29 is 9.53 Å². The second-order valence-electron chi connectivity index (χ2n) is 5.70. The summed E-state index contributed by atoms with van der Waals surface area (Å²) in [5, 5.41) is 2.96. The highest BCUT2D eigenvalue weighted by molar-refractivity contribution is 9.10. The second kappa shape index (κ2) is 8.54. The molecular weight excluding hydrogens is 330 g/mol. The van der Waals surface area contributed by atoms with Crippen molar-refractivity contribution in [3.63, 3.8) is 0 Å². The molecule has 0 bridgehead atoms. The van der Waals surface area contributed by atoms with E-state index in [1.54, 1.807) is 0 Å². The molecule has 1 N–H and O–H groups in total. The average molecular weight is 354 g/mol. The van der Waals surface area contributed by atoms with Crippen LogP contribution < -0.4 is 5.32 Å². The van der Waals surface area contributed by atoms with Crippen LogP contribution in [0.15, 0.2) is 22.7 Å². The molecule has 0 saturated heterocycles. The van der Waals surface area contributed by atoms with Crippen molar-refractivity contribution in [3.8, 4) is 0 Å². The summed E-state index contributed by atoms with van der Waals surface area (Å²) in [5.41, 5.74) is 1.73. The number of halogens is 1. The summed E-state index contributed by atoms with van der Waals surface area (Å²) in [7, 11) is 0. The molecule has 0 unspecified atom stereocenters. The molecule has 0 aliphatic heterocycles. The topological polar surface area (TPSA) is 38.3 Å². The highest BCUT2D eigenvalue weighted by Crippen LogP contribution is 2.20. The average Bonchev–Trinajstić information content (AvgIpc) is 2.47. The van der Waals surface area contributed by atoms with Gasteiger partial charge < -0.3 is 10.1 Å². The van der Waals surface area contributed by atoms with E-state index in [0.29, 0.717) is 12.6 Å². The predicted molar refractivity (Wildman–Crippen MR) is 88.7 cm³/mol. The Hall–Kier alpha value is -0.870. The van der Waals surface area contributed by atoms with Crippen molar-refractivity contribution in [1.29, 1.82) is 0 Å². The van der Waals surface area contributed by atoms with Gasteiger partial charge in [0.15, 0.2) is 0 Å². The van der Waals surface area contributed by atoms with Crippen LogP contribution >= 0.6 is 15.9 Å². The number of ether oxygens (including phenoxy) is 1. The molecule has 0 radical (unpaired) electrons. The normalized spacial score (nSPS) is 15.9. The van der Waals surface area contributed by atoms with Crippen LogP contribution in [0.3, 0.4) is 0 Å². The maximum atomic E-state index is 12.1. The Balaban J connectivity index is 1.64. The van der Waals surface area contributed by atoms with E-state index in [0.717, 1.165) is 28.6 Å². The number of carbonyl (C=O) groups excluding carboxylic acids is 1. The van der Waals surface area contributed by atoms with Gasteiger partial charge in [-0.25, -0.2) is 0 Å². The molecule has 1 aromatic rings. The van der Waals surface area contributed by atoms with Gasteiger partial charge in [0, 0.05) is 23.2 Å². The third kappa shape index (κ3) is 5.44. The summed E-state index contributed by atoms with van der Waals surface area (Å²) < 4.78 is 6.85. The van der Waals surface area contributed by atoms with E-state index in [1.165, 1.54) is 32.1 Å². The standard InChI is InChI=1S/C17H24BrNO2/c1-13-12-14(18)8-9-16(13)17(20)19-10-5-11-21-15-6-3-2-4-7-15/h8-9,12,15H,2-7,10-11H2,1H3,(H,19,20).